The fourth-order valence-electron chi connectivity index (χ4n) is 2.34. The number of para-hydroxylation sites is 1. The van der Waals surface area contributed by atoms with Crippen LogP contribution in [0.25, 0.3) is 0 Å². The SMILES string of the molecule is CCn1cc(C(=O)NCc2cc(Oc3ccccc3C)ccn2)cn1. The standard InChI is InChI=1S/C19H20N4O2/c1-3-23-13-15(11-22-23)19(24)21-12-16-10-17(8-9-20-16)25-18-7-5-4-6-14(18)2/h4-11,13H,3,12H2,1-2H3,(H,21,24). The maximum atomic E-state index is 12.1. The Bertz CT molecular complexity index is 873. The van der Waals surface area contributed by atoms with E-state index in [0.29, 0.717) is 17.9 Å². The van der Waals surface area contributed by atoms with Crippen molar-refractivity contribution < 1.29 is 9.53 Å². The molecule has 0 unspecified atom stereocenters. The van der Waals surface area contributed by atoms with Gasteiger partial charge in [-0.15, -0.1) is 0 Å². The highest BCUT2D eigenvalue weighted by Gasteiger charge is 2.09. The normalized spacial score (nSPS) is 10.5. The molecule has 25 heavy (non-hydrogen) atoms. The number of nitrogens with zero attached hydrogens (tertiary/aromatic N) is 3. The summed E-state index contributed by atoms with van der Waals surface area (Å²) in [6.07, 6.45) is 4.95. The van der Waals surface area contributed by atoms with E-state index >= 15 is 0 Å². The number of aromatic nitrogens is 3. The number of nitrogens with one attached hydrogen (secondary N) is 1. The zero-order chi connectivity index (χ0) is 17.6. The Balaban J connectivity index is 1.63. The Labute approximate surface area is 146 Å². The Morgan fingerprint density at radius 3 is 2.88 bits per heavy atom. The van der Waals surface area contributed by atoms with Crippen molar-refractivity contribution in [2.45, 2.75) is 26.9 Å². The molecule has 0 aliphatic rings. The Morgan fingerprint density at radius 2 is 2.12 bits per heavy atom. The molecular weight excluding hydrogens is 316 g/mol. The molecular formula is C19H20N4O2. The minimum atomic E-state index is -0.174. The lowest BCUT2D eigenvalue weighted by atomic mass is 10.2. The second-order valence-corrected chi connectivity index (χ2v) is 5.62. The topological polar surface area (TPSA) is 69.0 Å². The third-order valence-electron chi connectivity index (χ3n) is 3.76. The van der Waals surface area contributed by atoms with Crippen molar-refractivity contribution in [1.29, 1.82) is 0 Å². The van der Waals surface area contributed by atoms with E-state index in [1.54, 1.807) is 29.3 Å². The highest BCUT2D eigenvalue weighted by Crippen LogP contribution is 2.24. The molecule has 2 heterocycles. The van der Waals surface area contributed by atoms with Gasteiger partial charge in [0.05, 0.1) is 24.0 Å². The molecule has 3 rings (SSSR count). The molecule has 1 N–H and O–H groups in total. The van der Waals surface area contributed by atoms with Crippen LogP contribution in [0.3, 0.4) is 0 Å². The number of aryl methyl sites for hydroxylation is 2. The lowest BCUT2D eigenvalue weighted by Crippen LogP contribution is -2.22. The zero-order valence-corrected chi connectivity index (χ0v) is 14.3. The first kappa shape index (κ1) is 16.7. The molecule has 6 nitrogen and oxygen atoms in total. The van der Waals surface area contributed by atoms with Crippen LogP contribution in [0.5, 0.6) is 11.5 Å². The number of ether oxygens (including phenoxy) is 1. The quantitative estimate of drug-likeness (QED) is 0.750. The zero-order valence-electron chi connectivity index (χ0n) is 14.3. The van der Waals surface area contributed by atoms with Gasteiger partial charge < -0.3 is 10.1 Å². The molecule has 0 spiro atoms. The van der Waals surface area contributed by atoms with Gasteiger partial charge in [-0.3, -0.25) is 14.5 Å². The second kappa shape index (κ2) is 7.61. The van der Waals surface area contributed by atoms with E-state index in [4.69, 9.17) is 4.74 Å². The summed E-state index contributed by atoms with van der Waals surface area (Å²) in [5, 5.41) is 6.94. The van der Waals surface area contributed by atoms with Crippen LogP contribution >= 0.6 is 0 Å². The third-order valence-corrected chi connectivity index (χ3v) is 3.76. The molecule has 128 valence electrons. The van der Waals surface area contributed by atoms with Gasteiger partial charge in [0.2, 0.25) is 0 Å². The fraction of sp³-hybridized carbons (Fsp3) is 0.211. The molecule has 0 saturated heterocycles. The number of benzene rings is 1. The number of hydrogen-bond acceptors (Lipinski definition) is 4. The number of amides is 1. The van der Waals surface area contributed by atoms with Crippen molar-refractivity contribution >= 4 is 5.91 Å². The highest BCUT2D eigenvalue weighted by atomic mass is 16.5. The van der Waals surface area contributed by atoms with E-state index in [1.807, 2.05) is 44.2 Å². The maximum absolute atomic E-state index is 12.1. The fourth-order valence-corrected chi connectivity index (χ4v) is 2.34. The van der Waals surface area contributed by atoms with Gasteiger partial charge >= 0.3 is 0 Å². The van der Waals surface area contributed by atoms with Gasteiger partial charge in [0.15, 0.2) is 0 Å². The molecule has 0 aliphatic heterocycles. The van der Waals surface area contributed by atoms with Gasteiger partial charge in [-0.2, -0.15) is 5.10 Å². The van der Waals surface area contributed by atoms with Crippen LogP contribution in [-0.4, -0.2) is 20.7 Å². The van der Waals surface area contributed by atoms with E-state index in [9.17, 15) is 4.79 Å². The van der Waals surface area contributed by atoms with Crippen molar-refractivity contribution in [3.63, 3.8) is 0 Å². The molecule has 1 amide bonds. The molecule has 0 bridgehead atoms. The van der Waals surface area contributed by atoms with Crippen LogP contribution in [0, 0.1) is 6.92 Å². The number of rotatable bonds is 6. The molecule has 0 fully saturated rings. The van der Waals surface area contributed by atoms with Gasteiger partial charge in [-0.25, -0.2) is 0 Å². The Hall–Kier alpha value is -3.15. The van der Waals surface area contributed by atoms with E-state index in [2.05, 4.69) is 15.4 Å². The van der Waals surface area contributed by atoms with E-state index in [1.165, 1.54) is 0 Å². The van der Waals surface area contributed by atoms with Crippen molar-refractivity contribution in [3.8, 4) is 11.5 Å². The first-order valence-corrected chi connectivity index (χ1v) is 8.15. The summed E-state index contributed by atoms with van der Waals surface area (Å²) >= 11 is 0. The predicted molar refractivity (Wildman–Crippen MR) is 94.6 cm³/mol. The van der Waals surface area contributed by atoms with E-state index in [-0.39, 0.29) is 5.91 Å². The van der Waals surface area contributed by atoms with Crippen LogP contribution in [-0.2, 0) is 13.1 Å². The average molecular weight is 336 g/mol. The third kappa shape index (κ3) is 4.23. The summed E-state index contributed by atoms with van der Waals surface area (Å²) in [7, 11) is 0. The minimum absolute atomic E-state index is 0.174. The molecule has 0 atom stereocenters. The molecule has 0 saturated carbocycles. The summed E-state index contributed by atoms with van der Waals surface area (Å²) in [5.74, 6) is 1.31. The Morgan fingerprint density at radius 1 is 1.28 bits per heavy atom. The summed E-state index contributed by atoms with van der Waals surface area (Å²) in [6, 6.07) is 11.4. The number of pyridine rings is 1. The second-order valence-electron chi connectivity index (χ2n) is 5.62. The summed E-state index contributed by atoms with van der Waals surface area (Å²) in [5.41, 5.74) is 2.32. The molecule has 6 heteroatoms. The van der Waals surface area contributed by atoms with Gasteiger partial charge in [0.1, 0.15) is 11.5 Å². The lowest BCUT2D eigenvalue weighted by molar-refractivity contribution is 0.0950. The van der Waals surface area contributed by atoms with Crippen LogP contribution in [0.15, 0.2) is 55.0 Å². The first-order valence-electron chi connectivity index (χ1n) is 8.15. The van der Waals surface area contributed by atoms with Crippen LogP contribution in [0.4, 0.5) is 0 Å². The number of hydrogen-bond donors (Lipinski definition) is 1. The molecule has 0 aliphatic carbocycles. The van der Waals surface area contributed by atoms with Crippen LogP contribution in [0.1, 0.15) is 28.5 Å². The smallest absolute Gasteiger partial charge is 0.254 e. The van der Waals surface area contributed by atoms with E-state index < -0.39 is 0 Å². The first-order chi connectivity index (χ1) is 12.2. The van der Waals surface area contributed by atoms with Crippen molar-refractivity contribution in [2.24, 2.45) is 0 Å². The van der Waals surface area contributed by atoms with Crippen LogP contribution in [0.2, 0.25) is 0 Å². The largest absolute Gasteiger partial charge is 0.457 e. The lowest BCUT2D eigenvalue weighted by Gasteiger charge is -2.09. The highest BCUT2D eigenvalue weighted by molar-refractivity contribution is 5.93. The average Bonchev–Trinajstić information content (AvgIpc) is 3.11. The van der Waals surface area contributed by atoms with Gasteiger partial charge in [-0.1, -0.05) is 18.2 Å². The van der Waals surface area contributed by atoms with Crippen LogP contribution < -0.4 is 10.1 Å². The predicted octanol–water partition coefficient (Wildman–Crippen LogP) is 3.33. The number of carbonyl (C=O) groups is 1. The van der Waals surface area contributed by atoms with E-state index in [0.717, 1.165) is 23.6 Å². The van der Waals surface area contributed by atoms with Crippen molar-refractivity contribution in [2.75, 3.05) is 0 Å². The monoisotopic (exact) mass is 336 g/mol. The number of carbonyl (C=O) groups excluding carboxylic acids is 1. The van der Waals surface area contributed by atoms with Gasteiger partial charge in [-0.05, 0) is 31.5 Å². The molecule has 1 aromatic carbocycles. The van der Waals surface area contributed by atoms with Gasteiger partial charge in [0.25, 0.3) is 5.91 Å². The molecule has 0 radical (unpaired) electrons. The van der Waals surface area contributed by atoms with Gasteiger partial charge in [0, 0.05) is 25.0 Å². The summed E-state index contributed by atoms with van der Waals surface area (Å²) < 4.78 is 7.61. The van der Waals surface area contributed by atoms with Crippen molar-refractivity contribution in [3.05, 3.63) is 71.8 Å². The summed E-state index contributed by atoms with van der Waals surface area (Å²) in [6.45, 7) is 5.01. The van der Waals surface area contributed by atoms with Crippen molar-refractivity contribution in [1.82, 2.24) is 20.1 Å². The maximum Gasteiger partial charge on any atom is 0.254 e. The Kier molecular flexibility index (Phi) is 5.09. The molecule has 2 aromatic heterocycles. The minimum Gasteiger partial charge on any atom is -0.457 e. The molecule has 3 aromatic rings. The summed E-state index contributed by atoms with van der Waals surface area (Å²) in [4.78, 5) is 16.4.